The quantitative estimate of drug-likeness (QED) is 0.909. The number of rotatable bonds is 4. The van der Waals surface area contributed by atoms with Gasteiger partial charge in [0.25, 0.3) is 0 Å². The molecule has 0 radical (unpaired) electrons. The lowest BCUT2D eigenvalue weighted by molar-refractivity contribution is -0.121. The summed E-state index contributed by atoms with van der Waals surface area (Å²) in [5, 5.41) is 5.79. The molecule has 24 heavy (non-hydrogen) atoms. The Morgan fingerprint density at radius 1 is 1.12 bits per heavy atom. The molecule has 2 N–H and O–H groups in total. The molecule has 1 heterocycles. The predicted octanol–water partition coefficient (Wildman–Crippen LogP) is 2.83. The van der Waals surface area contributed by atoms with Gasteiger partial charge >= 0.3 is 0 Å². The molecule has 1 atom stereocenters. The van der Waals surface area contributed by atoms with Crippen molar-refractivity contribution in [2.45, 2.75) is 25.8 Å². The van der Waals surface area contributed by atoms with E-state index in [-0.39, 0.29) is 17.9 Å². The van der Waals surface area contributed by atoms with Crippen LogP contribution in [0.15, 0.2) is 48.5 Å². The first-order valence-electron chi connectivity index (χ1n) is 7.99. The van der Waals surface area contributed by atoms with Crippen molar-refractivity contribution in [3.05, 3.63) is 59.7 Å². The van der Waals surface area contributed by atoms with Crippen molar-refractivity contribution in [2.75, 3.05) is 11.9 Å². The molecule has 0 saturated heterocycles. The SMILES string of the molecule is CC(=O)Nc1ccc(CC(=O)NC2CCOc3ccccc32)cc1. The summed E-state index contributed by atoms with van der Waals surface area (Å²) in [6.07, 6.45) is 1.07. The third-order valence-electron chi connectivity index (χ3n) is 3.93. The van der Waals surface area contributed by atoms with Crippen molar-refractivity contribution in [3.8, 4) is 5.75 Å². The van der Waals surface area contributed by atoms with Crippen LogP contribution in [0, 0.1) is 0 Å². The van der Waals surface area contributed by atoms with Crippen molar-refractivity contribution in [2.24, 2.45) is 0 Å². The van der Waals surface area contributed by atoms with Crippen LogP contribution in [0.4, 0.5) is 5.69 Å². The van der Waals surface area contributed by atoms with Gasteiger partial charge in [-0.2, -0.15) is 0 Å². The minimum atomic E-state index is -0.112. The highest BCUT2D eigenvalue weighted by Crippen LogP contribution is 2.31. The van der Waals surface area contributed by atoms with Crippen LogP contribution in [0.2, 0.25) is 0 Å². The van der Waals surface area contributed by atoms with E-state index in [1.54, 1.807) is 12.1 Å². The number of ether oxygens (including phenoxy) is 1. The van der Waals surface area contributed by atoms with Crippen molar-refractivity contribution >= 4 is 17.5 Å². The van der Waals surface area contributed by atoms with E-state index >= 15 is 0 Å². The number of nitrogens with one attached hydrogen (secondary N) is 2. The minimum Gasteiger partial charge on any atom is -0.493 e. The average Bonchev–Trinajstić information content (AvgIpc) is 2.56. The van der Waals surface area contributed by atoms with Crippen LogP contribution in [0.5, 0.6) is 5.75 Å². The van der Waals surface area contributed by atoms with Crippen molar-refractivity contribution in [1.82, 2.24) is 5.32 Å². The molecule has 0 spiro atoms. The molecule has 1 unspecified atom stereocenters. The van der Waals surface area contributed by atoms with Gasteiger partial charge in [0, 0.05) is 24.6 Å². The number of hydrogen-bond donors (Lipinski definition) is 2. The van der Waals surface area contributed by atoms with Crippen molar-refractivity contribution in [3.63, 3.8) is 0 Å². The number of carbonyl (C=O) groups is 2. The van der Waals surface area contributed by atoms with E-state index < -0.39 is 0 Å². The van der Waals surface area contributed by atoms with E-state index in [2.05, 4.69) is 10.6 Å². The number of carbonyl (C=O) groups excluding carboxylic acids is 2. The molecule has 1 aliphatic heterocycles. The zero-order valence-corrected chi connectivity index (χ0v) is 13.5. The van der Waals surface area contributed by atoms with Crippen LogP contribution in [-0.4, -0.2) is 18.4 Å². The Kier molecular flexibility index (Phi) is 4.79. The lowest BCUT2D eigenvalue weighted by Gasteiger charge is -2.26. The first-order valence-corrected chi connectivity index (χ1v) is 7.99. The highest BCUT2D eigenvalue weighted by Gasteiger charge is 2.22. The van der Waals surface area contributed by atoms with Crippen molar-refractivity contribution in [1.29, 1.82) is 0 Å². The summed E-state index contributed by atoms with van der Waals surface area (Å²) in [6, 6.07) is 15.1. The molecule has 1 aliphatic rings. The van der Waals surface area contributed by atoms with Gasteiger partial charge in [-0.3, -0.25) is 9.59 Å². The maximum Gasteiger partial charge on any atom is 0.224 e. The van der Waals surface area contributed by atoms with E-state index in [0.29, 0.717) is 13.0 Å². The second kappa shape index (κ2) is 7.17. The molecule has 5 heteroatoms. The van der Waals surface area contributed by atoms with E-state index in [9.17, 15) is 9.59 Å². The fraction of sp³-hybridized carbons (Fsp3) is 0.263. The van der Waals surface area contributed by atoms with Crippen LogP contribution in [0.25, 0.3) is 0 Å². The molecule has 2 aromatic carbocycles. The standard InChI is InChI=1S/C19H20N2O3/c1-13(22)20-15-8-6-14(7-9-15)12-19(23)21-17-10-11-24-18-5-3-2-4-16(17)18/h2-9,17H,10-12H2,1H3,(H,20,22)(H,21,23). The van der Waals surface area contributed by atoms with Gasteiger partial charge in [-0.25, -0.2) is 0 Å². The second-order valence-corrected chi connectivity index (χ2v) is 5.85. The van der Waals surface area contributed by atoms with Crippen LogP contribution >= 0.6 is 0 Å². The van der Waals surface area contributed by atoms with Crippen LogP contribution in [0.1, 0.15) is 30.5 Å². The van der Waals surface area contributed by atoms with E-state index in [1.807, 2.05) is 36.4 Å². The van der Waals surface area contributed by atoms with Gasteiger partial charge in [0.05, 0.1) is 19.1 Å². The molecule has 0 aliphatic carbocycles. The van der Waals surface area contributed by atoms with Gasteiger partial charge in [-0.1, -0.05) is 30.3 Å². The summed E-state index contributed by atoms with van der Waals surface area (Å²) in [7, 11) is 0. The van der Waals surface area contributed by atoms with Gasteiger partial charge in [-0.05, 0) is 23.8 Å². The summed E-state index contributed by atoms with van der Waals surface area (Å²) in [5.74, 6) is 0.705. The Bertz CT molecular complexity index is 741. The molecule has 0 bridgehead atoms. The molecule has 5 nitrogen and oxygen atoms in total. The molecule has 0 fully saturated rings. The smallest absolute Gasteiger partial charge is 0.224 e. The van der Waals surface area contributed by atoms with Gasteiger partial charge in [0.1, 0.15) is 5.75 Å². The lowest BCUT2D eigenvalue weighted by atomic mass is 10.00. The normalized spacial score (nSPS) is 15.8. The number of amides is 2. The summed E-state index contributed by atoms with van der Waals surface area (Å²) >= 11 is 0. The van der Waals surface area contributed by atoms with Crippen molar-refractivity contribution < 1.29 is 14.3 Å². The molecule has 3 rings (SSSR count). The number of fused-ring (bicyclic) bond motifs is 1. The molecular weight excluding hydrogens is 304 g/mol. The largest absolute Gasteiger partial charge is 0.493 e. The number of hydrogen-bond acceptors (Lipinski definition) is 3. The first-order chi connectivity index (χ1) is 11.6. The Morgan fingerprint density at radius 2 is 1.88 bits per heavy atom. The van der Waals surface area contributed by atoms with Crippen LogP contribution in [0.3, 0.4) is 0 Å². The topological polar surface area (TPSA) is 67.4 Å². The monoisotopic (exact) mass is 324 g/mol. The Balaban J connectivity index is 1.61. The highest BCUT2D eigenvalue weighted by atomic mass is 16.5. The molecule has 0 saturated carbocycles. The van der Waals surface area contributed by atoms with E-state index in [0.717, 1.165) is 29.0 Å². The first kappa shape index (κ1) is 16.1. The number of anilines is 1. The third kappa shape index (κ3) is 3.93. The lowest BCUT2D eigenvalue weighted by Crippen LogP contribution is -2.33. The van der Waals surface area contributed by atoms with Crippen LogP contribution < -0.4 is 15.4 Å². The summed E-state index contributed by atoms with van der Waals surface area (Å²) < 4.78 is 5.61. The molecule has 0 aromatic heterocycles. The maximum absolute atomic E-state index is 12.3. The highest BCUT2D eigenvalue weighted by molar-refractivity contribution is 5.88. The van der Waals surface area contributed by atoms with E-state index in [1.165, 1.54) is 6.92 Å². The Hall–Kier alpha value is -2.82. The molecular formula is C19H20N2O3. The Labute approximate surface area is 141 Å². The number of benzene rings is 2. The fourth-order valence-electron chi connectivity index (χ4n) is 2.83. The van der Waals surface area contributed by atoms with E-state index in [4.69, 9.17) is 4.74 Å². The maximum atomic E-state index is 12.3. The zero-order valence-electron chi connectivity index (χ0n) is 13.5. The minimum absolute atomic E-state index is 0.0129. The number of para-hydroxylation sites is 1. The zero-order chi connectivity index (χ0) is 16.9. The predicted molar refractivity (Wildman–Crippen MR) is 91.9 cm³/mol. The van der Waals surface area contributed by atoms with Crippen LogP contribution in [-0.2, 0) is 16.0 Å². The molecule has 2 amide bonds. The third-order valence-corrected chi connectivity index (χ3v) is 3.93. The average molecular weight is 324 g/mol. The molecule has 124 valence electrons. The second-order valence-electron chi connectivity index (χ2n) is 5.85. The Morgan fingerprint density at radius 3 is 2.62 bits per heavy atom. The van der Waals surface area contributed by atoms with Gasteiger partial charge < -0.3 is 15.4 Å². The van der Waals surface area contributed by atoms with Gasteiger partial charge in [0.15, 0.2) is 0 Å². The summed E-state index contributed by atoms with van der Waals surface area (Å²) in [6.45, 7) is 2.07. The van der Waals surface area contributed by atoms with Gasteiger partial charge in [-0.15, -0.1) is 0 Å². The fourth-order valence-corrected chi connectivity index (χ4v) is 2.83. The summed E-state index contributed by atoms with van der Waals surface area (Å²) in [5.41, 5.74) is 2.66. The van der Waals surface area contributed by atoms with Gasteiger partial charge in [0.2, 0.25) is 11.8 Å². The summed E-state index contributed by atoms with van der Waals surface area (Å²) in [4.78, 5) is 23.3. The molecule has 2 aromatic rings.